The first-order valence-electron chi connectivity index (χ1n) is 8.08. The maximum Gasteiger partial charge on any atom is 0.255 e. The molecule has 0 radical (unpaired) electrons. The molecule has 0 bridgehead atoms. The second kappa shape index (κ2) is 8.76. The van der Waals surface area contributed by atoms with E-state index in [-0.39, 0.29) is 24.1 Å². The molecule has 1 saturated carbocycles. The van der Waals surface area contributed by atoms with E-state index < -0.39 is 0 Å². The maximum atomic E-state index is 12.9. The number of hydrogen-bond acceptors (Lipinski definition) is 2. The molecule has 4 nitrogen and oxygen atoms in total. The normalized spacial score (nSPS) is 14.7. The zero-order valence-corrected chi connectivity index (χ0v) is 14.1. The summed E-state index contributed by atoms with van der Waals surface area (Å²) >= 11 is 0. The standard InChI is InChI=1S/C18H20FN3O.ClH/c19-14-8-6-13(7-9-14)18(23)22-16-10-11-17(20-12-16)21-15-4-2-1-3-5-15;/h6-12,15H,1-5H2,(H,20,21)(H,22,23);1H. The number of amides is 1. The van der Waals surface area contributed by atoms with Gasteiger partial charge in [-0.15, -0.1) is 0 Å². The van der Waals surface area contributed by atoms with Gasteiger partial charge in [0.1, 0.15) is 5.82 Å². The Bertz CT molecular complexity index is 655. The van der Waals surface area contributed by atoms with Crippen LogP contribution in [0.25, 0.3) is 0 Å². The molecule has 0 saturated heterocycles. The summed E-state index contributed by atoms with van der Waals surface area (Å²) in [6.45, 7) is 0. The third kappa shape index (κ3) is 5.01. The van der Waals surface area contributed by atoms with Crippen LogP contribution in [0.5, 0.6) is 0 Å². The number of quaternary nitrogens is 1. The molecule has 0 atom stereocenters. The number of halogens is 2. The summed E-state index contributed by atoms with van der Waals surface area (Å²) in [5.41, 5.74) is 1.06. The Hall–Kier alpha value is -1.98. The first kappa shape index (κ1) is 18.4. The van der Waals surface area contributed by atoms with Gasteiger partial charge in [0, 0.05) is 11.6 Å². The molecule has 2 aromatic rings. The summed E-state index contributed by atoms with van der Waals surface area (Å²) < 4.78 is 12.9. The maximum absolute atomic E-state index is 12.9. The quantitative estimate of drug-likeness (QED) is 0.816. The summed E-state index contributed by atoms with van der Waals surface area (Å²) in [7, 11) is 0. The van der Waals surface area contributed by atoms with E-state index in [4.69, 9.17) is 0 Å². The zero-order valence-electron chi connectivity index (χ0n) is 13.3. The number of aromatic nitrogens is 1. The van der Waals surface area contributed by atoms with Crippen molar-refractivity contribution in [2.75, 3.05) is 5.32 Å². The van der Waals surface area contributed by atoms with Gasteiger partial charge in [0.15, 0.2) is 0 Å². The fourth-order valence-corrected chi connectivity index (χ4v) is 2.92. The molecule has 0 spiro atoms. The number of carbonyl (C=O) groups excluding carboxylic acids is 1. The smallest absolute Gasteiger partial charge is 0.255 e. The number of benzene rings is 1. The number of rotatable bonds is 4. The number of anilines is 1. The van der Waals surface area contributed by atoms with Crippen LogP contribution in [0.3, 0.4) is 0 Å². The summed E-state index contributed by atoms with van der Waals surface area (Å²) in [5.74, 6) is 0.332. The van der Waals surface area contributed by atoms with Crippen LogP contribution in [0.15, 0.2) is 42.6 Å². The van der Waals surface area contributed by atoms with Crippen molar-refractivity contribution in [1.29, 1.82) is 0 Å². The summed E-state index contributed by atoms with van der Waals surface area (Å²) in [4.78, 5) is 16.5. The third-order valence-corrected chi connectivity index (χ3v) is 4.21. The van der Waals surface area contributed by atoms with E-state index in [1.807, 2.05) is 12.1 Å². The summed E-state index contributed by atoms with van der Waals surface area (Å²) in [5, 5.41) is 5.00. The molecule has 3 N–H and O–H groups in total. The first-order chi connectivity index (χ1) is 11.2. The van der Waals surface area contributed by atoms with Gasteiger partial charge in [-0.1, -0.05) is 6.42 Å². The Morgan fingerprint density at radius 1 is 1.08 bits per heavy atom. The lowest BCUT2D eigenvalue weighted by atomic mass is 9.95. The average Bonchev–Trinajstić information content (AvgIpc) is 2.58. The van der Waals surface area contributed by atoms with Crippen LogP contribution in [-0.4, -0.2) is 16.9 Å². The largest absolute Gasteiger partial charge is 1.00 e. The highest BCUT2D eigenvalue weighted by Crippen LogP contribution is 2.16. The lowest BCUT2D eigenvalue weighted by Gasteiger charge is -2.19. The van der Waals surface area contributed by atoms with Gasteiger partial charge in [-0.25, -0.2) is 9.37 Å². The fourth-order valence-electron chi connectivity index (χ4n) is 2.92. The number of nitrogens with one attached hydrogen (secondary N) is 1. The molecule has 1 aliphatic carbocycles. The van der Waals surface area contributed by atoms with Crippen molar-refractivity contribution in [3.8, 4) is 0 Å². The Morgan fingerprint density at radius 3 is 2.42 bits per heavy atom. The minimum Gasteiger partial charge on any atom is -1.00 e. The van der Waals surface area contributed by atoms with E-state index in [9.17, 15) is 9.18 Å². The molecule has 1 amide bonds. The Labute approximate surface area is 147 Å². The second-order valence-electron chi connectivity index (χ2n) is 6.00. The highest BCUT2D eigenvalue weighted by Gasteiger charge is 2.17. The molecule has 0 aliphatic heterocycles. The predicted molar refractivity (Wildman–Crippen MR) is 87.0 cm³/mol. The molecule has 1 heterocycles. The van der Waals surface area contributed by atoms with Gasteiger partial charge in [0.2, 0.25) is 5.82 Å². The number of hydrogen-bond donors (Lipinski definition) is 2. The molecule has 1 fully saturated rings. The van der Waals surface area contributed by atoms with Gasteiger partial charge >= 0.3 is 0 Å². The molecule has 6 heteroatoms. The molecular weight excluding hydrogens is 329 g/mol. The number of nitrogens with two attached hydrogens (primary N) is 1. The molecule has 3 rings (SSSR count). The number of pyridine rings is 1. The Kier molecular flexibility index (Phi) is 6.70. The van der Waals surface area contributed by atoms with Crippen LogP contribution >= 0.6 is 0 Å². The monoisotopic (exact) mass is 349 g/mol. The van der Waals surface area contributed by atoms with Gasteiger partial charge in [-0.2, -0.15) is 0 Å². The Morgan fingerprint density at radius 2 is 1.79 bits per heavy atom. The van der Waals surface area contributed by atoms with Crippen molar-refractivity contribution in [1.82, 2.24) is 4.98 Å². The molecule has 1 aromatic carbocycles. The van der Waals surface area contributed by atoms with E-state index in [2.05, 4.69) is 15.6 Å². The van der Waals surface area contributed by atoms with Crippen LogP contribution in [-0.2, 0) is 0 Å². The van der Waals surface area contributed by atoms with Gasteiger partial charge in [-0.05, 0) is 56.0 Å². The van der Waals surface area contributed by atoms with Crippen molar-refractivity contribution >= 4 is 17.4 Å². The van der Waals surface area contributed by atoms with Crippen LogP contribution < -0.4 is 23.0 Å². The second-order valence-corrected chi connectivity index (χ2v) is 6.00. The minimum atomic E-state index is -0.356. The van der Waals surface area contributed by atoms with Crippen molar-refractivity contribution in [3.05, 3.63) is 54.0 Å². The third-order valence-electron chi connectivity index (χ3n) is 4.21. The SMILES string of the molecule is O=C(Nc1ccc([NH2+]C2CCCCC2)nc1)c1ccc(F)cc1.[Cl-]. The fraction of sp³-hybridized carbons (Fsp3) is 0.333. The summed E-state index contributed by atoms with van der Waals surface area (Å²) in [6, 6.07) is 9.87. The lowest BCUT2D eigenvalue weighted by Crippen LogP contribution is -3.00. The molecule has 128 valence electrons. The topological polar surface area (TPSA) is 58.6 Å². The average molecular weight is 350 g/mol. The van der Waals surface area contributed by atoms with Crippen LogP contribution in [0.4, 0.5) is 15.9 Å². The van der Waals surface area contributed by atoms with E-state index >= 15 is 0 Å². The van der Waals surface area contributed by atoms with Crippen molar-refractivity contribution in [2.45, 2.75) is 38.1 Å². The minimum absolute atomic E-state index is 0. The van der Waals surface area contributed by atoms with E-state index in [0.717, 1.165) is 5.82 Å². The van der Waals surface area contributed by atoms with E-state index in [1.54, 1.807) is 6.20 Å². The van der Waals surface area contributed by atoms with Crippen molar-refractivity contribution in [3.63, 3.8) is 0 Å². The van der Waals surface area contributed by atoms with Gasteiger partial charge in [0.25, 0.3) is 5.91 Å². The first-order valence-corrected chi connectivity index (χ1v) is 8.08. The van der Waals surface area contributed by atoms with E-state index in [0.29, 0.717) is 17.3 Å². The molecule has 1 aromatic heterocycles. The number of carbonyl (C=O) groups is 1. The molecule has 1 aliphatic rings. The van der Waals surface area contributed by atoms with Crippen molar-refractivity contribution in [2.24, 2.45) is 0 Å². The molecular formula is C18H21ClFN3O. The highest BCUT2D eigenvalue weighted by atomic mass is 35.5. The van der Waals surface area contributed by atoms with Gasteiger partial charge in [-0.3, -0.25) is 10.1 Å². The molecule has 0 unspecified atom stereocenters. The van der Waals surface area contributed by atoms with Crippen LogP contribution in [0.2, 0.25) is 0 Å². The zero-order chi connectivity index (χ0) is 16.1. The Balaban J connectivity index is 0.00000208. The van der Waals surface area contributed by atoms with Crippen molar-refractivity contribution < 1.29 is 26.9 Å². The number of nitrogens with zero attached hydrogens (tertiary/aromatic N) is 1. The van der Waals surface area contributed by atoms with Crippen LogP contribution in [0, 0.1) is 5.82 Å². The van der Waals surface area contributed by atoms with Gasteiger partial charge in [0.05, 0.1) is 17.9 Å². The lowest BCUT2D eigenvalue weighted by molar-refractivity contribution is -0.617. The van der Waals surface area contributed by atoms with Gasteiger partial charge < -0.3 is 17.7 Å². The predicted octanol–water partition coefficient (Wildman–Crippen LogP) is 0.00460. The molecule has 24 heavy (non-hydrogen) atoms. The highest BCUT2D eigenvalue weighted by molar-refractivity contribution is 6.04. The van der Waals surface area contributed by atoms with Crippen LogP contribution in [0.1, 0.15) is 42.5 Å². The van der Waals surface area contributed by atoms with E-state index in [1.165, 1.54) is 56.4 Å². The summed E-state index contributed by atoms with van der Waals surface area (Å²) in [6.07, 6.45) is 8.08.